The van der Waals surface area contributed by atoms with Crippen LogP contribution in [0.2, 0.25) is 0 Å². The predicted octanol–water partition coefficient (Wildman–Crippen LogP) is 2.08. The van der Waals surface area contributed by atoms with Gasteiger partial charge in [-0.1, -0.05) is 12.1 Å². The van der Waals surface area contributed by atoms with Crippen LogP contribution in [-0.2, 0) is 0 Å². The highest BCUT2D eigenvalue weighted by atomic mass is 16.1. The molecule has 3 heteroatoms. The van der Waals surface area contributed by atoms with Gasteiger partial charge in [0, 0.05) is 12.0 Å². The first kappa shape index (κ1) is 12.4. The van der Waals surface area contributed by atoms with E-state index in [2.05, 4.69) is 4.90 Å². The molecule has 0 N–H and O–H groups in total. The van der Waals surface area contributed by atoms with Crippen LogP contribution >= 0.6 is 0 Å². The highest BCUT2D eigenvalue weighted by Gasteiger charge is 2.05. The summed E-state index contributed by atoms with van der Waals surface area (Å²) in [6, 6.07) is 8.83. The van der Waals surface area contributed by atoms with Gasteiger partial charge < -0.3 is 4.90 Å². The Labute approximate surface area is 96.3 Å². The summed E-state index contributed by atoms with van der Waals surface area (Å²) in [4.78, 5) is 13.8. The number of hydrogen-bond donors (Lipinski definition) is 0. The minimum atomic E-state index is 0.145. The van der Waals surface area contributed by atoms with Gasteiger partial charge in [-0.2, -0.15) is 5.26 Å². The third-order valence-electron chi connectivity index (χ3n) is 2.35. The fourth-order valence-corrected chi connectivity index (χ4v) is 1.43. The highest BCUT2D eigenvalue weighted by molar-refractivity contribution is 5.96. The summed E-state index contributed by atoms with van der Waals surface area (Å²) in [5, 5.41) is 8.63. The van der Waals surface area contributed by atoms with Crippen LogP contribution in [-0.4, -0.2) is 31.3 Å². The summed E-state index contributed by atoms with van der Waals surface area (Å²) >= 11 is 0. The van der Waals surface area contributed by atoms with Gasteiger partial charge in [-0.05, 0) is 39.2 Å². The van der Waals surface area contributed by atoms with Gasteiger partial charge in [0.25, 0.3) is 0 Å². The first-order valence-corrected chi connectivity index (χ1v) is 5.31. The second kappa shape index (κ2) is 6.04. The minimum absolute atomic E-state index is 0.145. The fourth-order valence-electron chi connectivity index (χ4n) is 1.43. The molecule has 0 bridgehead atoms. The molecule has 0 aliphatic carbocycles. The van der Waals surface area contributed by atoms with Crippen LogP contribution in [0.25, 0.3) is 0 Å². The third kappa shape index (κ3) is 3.84. The maximum Gasteiger partial charge on any atom is 0.162 e. The first-order valence-electron chi connectivity index (χ1n) is 5.31. The molecule has 0 atom stereocenters. The van der Waals surface area contributed by atoms with E-state index in [1.807, 2.05) is 20.2 Å². The average Bonchev–Trinajstić information content (AvgIpc) is 2.28. The van der Waals surface area contributed by atoms with Gasteiger partial charge in [0.1, 0.15) is 0 Å². The Hall–Kier alpha value is -1.66. The van der Waals surface area contributed by atoms with Crippen LogP contribution in [0.15, 0.2) is 24.3 Å². The Balaban J connectivity index is 2.50. The number of carbonyl (C=O) groups is 1. The highest BCUT2D eigenvalue weighted by Crippen LogP contribution is 2.07. The molecule has 0 saturated heterocycles. The molecular weight excluding hydrogens is 200 g/mol. The first-order chi connectivity index (χ1) is 7.63. The van der Waals surface area contributed by atoms with Crippen molar-refractivity contribution in [3.05, 3.63) is 35.4 Å². The van der Waals surface area contributed by atoms with E-state index in [0.29, 0.717) is 17.5 Å². The Morgan fingerprint density at radius 3 is 2.44 bits per heavy atom. The Bertz CT molecular complexity index is 387. The van der Waals surface area contributed by atoms with Crippen LogP contribution in [0.4, 0.5) is 0 Å². The Kier molecular flexibility index (Phi) is 4.68. The van der Waals surface area contributed by atoms with Gasteiger partial charge in [0.05, 0.1) is 11.6 Å². The number of nitrogens with zero attached hydrogens (tertiary/aromatic N) is 2. The summed E-state index contributed by atoms with van der Waals surface area (Å²) in [5.41, 5.74) is 1.28. The van der Waals surface area contributed by atoms with Gasteiger partial charge in [0.15, 0.2) is 5.78 Å². The van der Waals surface area contributed by atoms with Crippen molar-refractivity contribution in [2.24, 2.45) is 0 Å². The average molecular weight is 216 g/mol. The van der Waals surface area contributed by atoms with Gasteiger partial charge in [-0.15, -0.1) is 0 Å². The van der Waals surface area contributed by atoms with Gasteiger partial charge in [0.2, 0.25) is 0 Å². The van der Waals surface area contributed by atoms with E-state index in [0.717, 1.165) is 13.0 Å². The van der Waals surface area contributed by atoms with Crippen molar-refractivity contribution in [1.82, 2.24) is 4.90 Å². The molecule has 0 saturated carbocycles. The van der Waals surface area contributed by atoms with Gasteiger partial charge in [-0.3, -0.25) is 4.79 Å². The van der Waals surface area contributed by atoms with E-state index >= 15 is 0 Å². The van der Waals surface area contributed by atoms with Gasteiger partial charge >= 0.3 is 0 Å². The number of ketones is 1. The molecule has 0 spiro atoms. The second-order valence-electron chi connectivity index (χ2n) is 4.02. The fraction of sp³-hybridized carbons (Fsp3) is 0.385. The molecule has 0 aliphatic heterocycles. The SMILES string of the molecule is CN(C)CCCC(=O)c1ccc(C#N)cc1. The van der Waals surface area contributed by atoms with Gasteiger partial charge in [-0.25, -0.2) is 0 Å². The lowest BCUT2D eigenvalue weighted by Gasteiger charge is -2.08. The van der Waals surface area contributed by atoms with Crippen LogP contribution in [0.1, 0.15) is 28.8 Å². The zero-order chi connectivity index (χ0) is 12.0. The van der Waals surface area contributed by atoms with Crippen LogP contribution in [0.5, 0.6) is 0 Å². The third-order valence-corrected chi connectivity index (χ3v) is 2.35. The Morgan fingerprint density at radius 2 is 1.94 bits per heavy atom. The van der Waals surface area contributed by atoms with Crippen molar-refractivity contribution in [1.29, 1.82) is 5.26 Å². The monoisotopic (exact) mass is 216 g/mol. The molecule has 0 radical (unpaired) electrons. The van der Waals surface area contributed by atoms with Crippen molar-refractivity contribution >= 4 is 5.78 Å². The molecule has 0 aliphatic rings. The maximum atomic E-state index is 11.7. The van der Waals surface area contributed by atoms with Crippen molar-refractivity contribution in [3.8, 4) is 6.07 Å². The Morgan fingerprint density at radius 1 is 1.31 bits per heavy atom. The number of hydrogen-bond acceptors (Lipinski definition) is 3. The van der Waals surface area contributed by atoms with Crippen LogP contribution in [0.3, 0.4) is 0 Å². The van der Waals surface area contributed by atoms with Crippen molar-refractivity contribution < 1.29 is 4.79 Å². The van der Waals surface area contributed by atoms with Crippen molar-refractivity contribution in [2.75, 3.05) is 20.6 Å². The predicted molar refractivity (Wildman–Crippen MR) is 63.3 cm³/mol. The van der Waals surface area contributed by atoms with Crippen molar-refractivity contribution in [2.45, 2.75) is 12.8 Å². The summed E-state index contributed by atoms with van der Waals surface area (Å²) in [6.45, 7) is 0.919. The smallest absolute Gasteiger partial charge is 0.162 e. The quantitative estimate of drug-likeness (QED) is 0.708. The molecule has 1 aromatic carbocycles. The largest absolute Gasteiger partial charge is 0.309 e. The van der Waals surface area contributed by atoms with E-state index in [-0.39, 0.29) is 5.78 Å². The summed E-state index contributed by atoms with van der Waals surface area (Å²) in [6.07, 6.45) is 1.43. The molecule has 0 aromatic heterocycles. The molecule has 16 heavy (non-hydrogen) atoms. The lowest BCUT2D eigenvalue weighted by molar-refractivity contribution is 0.0977. The van der Waals surface area contributed by atoms with E-state index in [4.69, 9.17) is 5.26 Å². The summed E-state index contributed by atoms with van der Waals surface area (Å²) in [5.74, 6) is 0.145. The zero-order valence-corrected chi connectivity index (χ0v) is 9.73. The maximum absolute atomic E-state index is 11.7. The molecule has 1 aromatic rings. The molecule has 84 valence electrons. The standard InChI is InChI=1S/C13H16N2O/c1-15(2)9-3-4-13(16)12-7-5-11(10-14)6-8-12/h5-8H,3-4,9H2,1-2H3. The zero-order valence-electron chi connectivity index (χ0n) is 9.73. The van der Waals surface area contributed by atoms with E-state index in [1.165, 1.54) is 0 Å². The van der Waals surface area contributed by atoms with E-state index < -0.39 is 0 Å². The van der Waals surface area contributed by atoms with E-state index in [9.17, 15) is 4.79 Å². The molecule has 0 unspecified atom stereocenters. The van der Waals surface area contributed by atoms with Crippen molar-refractivity contribution in [3.63, 3.8) is 0 Å². The minimum Gasteiger partial charge on any atom is -0.309 e. The summed E-state index contributed by atoms with van der Waals surface area (Å²) in [7, 11) is 3.98. The second-order valence-corrected chi connectivity index (χ2v) is 4.02. The molecule has 1 rings (SSSR count). The molecule has 3 nitrogen and oxygen atoms in total. The lowest BCUT2D eigenvalue weighted by atomic mass is 10.1. The molecular formula is C13H16N2O. The molecule has 0 heterocycles. The summed E-state index contributed by atoms with van der Waals surface area (Å²) < 4.78 is 0. The number of carbonyl (C=O) groups excluding carboxylic acids is 1. The number of benzene rings is 1. The number of nitriles is 1. The number of Topliss-reactive ketones (excluding diaryl/α,β-unsaturated/α-hetero) is 1. The van der Waals surface area contributed by atoms with Crippen LogP contribution in [0, 0.1) is 11.3 Å². The molecule has 0 amide bonds. The number of rotatable bonds is 5. The topological polar surface area (TPSA) is 44.1 Å². The molecule has 0 fully saturated rings. The normalized spacial score (nSPS) is 10.1. The lowest BCUT2D eigenvalue weighted by Crippen LogP contribution is -2.14. The van der Waals surface area contributed by atoms with Crippen LogP contribution < -0.4 is 0 Å². The van der Waals surface area contributed by atoms with E-state index in [1.54, 1.807) is 24.3 Å².